The smallest absolute Gasteiger partial charge is 0.129 e. The molecule has 1 aliphatic rings. The largest absolute Gasteiger partial charge is 0.347 e. The fourth-order valence-electron chi connectivity index (χ4n) is 2.91. The Hall–Kier alpha value is -0.740. The molecule has 1 aromatic heterocycles. The molecule has 0 radical (unpaired) electrons. The molecule has 0 amide bonds. The van der Waals surface area contributed by atoms with E-state index in [2.05, 4.69) is 34.8 Å². The maximum Gasteiger partial charge on any atom is 0.129 e. The van der Waals surface area contributed by atoms with Gasteiger partial charge >= 0.3 is 0 Å². The Labute approximate surface area is 121 Å². The van der Waals surface area contributed by atoms with E-state index in [1.165, 1.54) is 31.4 Å². The molecule has 1 aromatic rings. The molecule has 0 spiro atoms. The Morgan fingerprint density at radius 3 is 2.63 bits per heavy atom. The van der Waals surface area contributed by atoms with Crippen LogP contribution in [0.4, 0.5) is 0 Å². The summed E-state index contributed by atoms with van der Waals surface area (Å²) in [7, 11) is 0. The number of aromatic nitrogens is 2. The van der Waals surface area contributed by atoms with Gasteiger partial charge in [0.1, 0.15) is 10.5 Å². The topological polar surface area (TPSA) is 31.9 Å². The summed E-state index contributed by atoms with van der Waals surface area (Å²) in [5.41, 5.74) is 1.31. The molecule has 4 heteroatoms. The van der Waals surface area contributed by atoms with Gasteiger partial charge in [0.05, 0.1) is 0 Å². The highest BCUT2D eigenvalue weighted by molar-refractivity contribution is 7.71. The van der Waals surface area contributed by atoms with E-state index < -0.39 is 0 Å². The van der Waals surface area contributed by atoms with Crippen LogP contribution in [0, 0.1) is 4.64 Å². The second-order valence-corrected chi connectivity index (χ2v) is 5.80. The Bertz CT molecular complexity index is 445. The monoisotopic (exact) mass is 279 g/mol. The van der Waals surface area contributed by atoms with E-state index in [0.717, 1.165) is 36.5 Å². The normalized spacial score (nSPS) is 16.4. The summed E-state index contributed by atoms with van der Waals surface area (Å²) in [5.74, 6) is 1.73. The first kappa shape index (κ1) is 14.7. The van der Waals surface area contributed by atoms with Gasteiger partial charge in [-0.15, -0.1) is 0 Å². The van der Waals surface area contributed by atoms with Gasteiger partial charge in [-0.25, -0.2) is 4.98 Å². The number of nitrogens with zero attached hydrogens (tertiary/aromatic N) is 2. The molecular formula is C15H25N3S. The number of hydrogen-bond acceptors (Lipinski definition) is 3. The molecule has 1 aliphatic carbocycles. The molecule has 2 rings (SSSR count). The van der Waals surface area contributed by atoms with Gasteiger partial charge in [0.25, 0.3) is 0 Å². The zero-order valence-electron chi connectivity index (χ0n) is 12.1. The van der Waals surface area contributed by atoms with Gasteiger partial charge in [-0.2, -0.15) is 0 Å². The van der Waals surface area contributed by atoms with Crippen LogP contribution < -0.4 is 0 Å². The van der Waals surface area contributed by atoms with Crippen LogP contribution in [0.25, 0.3) is 0 Å². The number of H-pyrrole nitrogens is 1. The van der Waals surface area contributed by atoms with Gasteiger partial charge in [-0.3, -0.25) is 0 Å². The zero-order valence-corrected chi connectivity index (χ0v) is 12.9. The first-order chi connectivity index (χ1) is 9.22. The zero-order chi connectivity index (χ0) is 13.7. The van der Waals surface area contributed by atoms with E-state index in [9.17, 15) is 0 Å². The van der Waals surface area contributed by atoms with Crippen LogP contribution in [-0.4, -0.2) is 34.5 Å². The molecule has 106 valence electrons. The Morgan fingerprint density at radius 1 is 1.32 bits per heavy atom. The SMILES string of the molecule is CCN(CC)CCc1nc(=S)cc(C2CCCC2)[nH]1. The highest BCUT2D eigenvalue weighted by Crippen LogP contribution is 2.32. The molecule has 1 fully saturated rings. The van der Waals surface area contributed by atoms with Crippen molar-refractivity contribution in [3.63, 3.8) is 0 Å². The van der Waals surface area contributed by atoms with Crippen LogP contribution in [0.3, 0.4) is 0 Å². The molecule has 0 aromatic carbocycles. The van der Waals surface area contributed by atoms with Gasteiger partial charge in [0.2, 0.25) is 0 Å². The third-order valence-electron chi connectivity index (χ3n) is 4.17. The molecule has 3 nitrogen and oxygen atoms in total. The summed E-state index contributed by atoms with van der Waals surface area (Å²) in [6, 6.07) is 2.06. The standard InChI is InChI=1S/C15H25N3S/c1-3-18(4-2)10-9-14-16-13(11-15(19)17-14)12-7-5-6-8-12/h11-12H,3-10H2,1-2H3,(H,16,17,19). The predicted molar refractivity (Wildman–Crippen MR) is 82.1 cm³/mol. The van der Waals surface area contributed by atoms with Crippen molar-refractivity contribution in [3.8, 4) is 0 Å². The fraction of sp³-hybridized carbons (Fsp3) is 0.733. The van der Waals surface area contributed by atoms with Crippen molar-refractivity contribution in [1.82, 2.24) is 14.9 Å². The van der Waals surface area contributed by atoms with Gasteiger partial charge in [0, 0.05) is 18.7 Å². The molecule has 1 saturated carbocycles. The highest BCUT2D eigenvalue weighted by atomic mass is 32.1. The minimum Gasteiger partial charge on any atom is -0.347 e. The van der Waals surface area contributed by atoms with Crippen molar-refractivity contribution >= 4 is 12.2 Å². The van der Waals surface area contributed by atoms with Crippen molar-refractivity contribution in [2.45, 2.75) is 51.9 Å². The Morgan fingerprint density at radius 2 is 2.00 bits per heavy atom. The molecule has 1 N–H and O–H groups in total. The molecule has 0 atom stereocenters. The van der Waals surface area contributed by atoms with E-state index in [1.807, 2.05) is 0 Å². The van der Waals surface area contributed by atoms with Gasteiger partial charge in [-0.1, -0.05) is 38.9 Å². The summed E-state index contributed by atoms with van der Waals surface area (Å²) in [5, 5.41) is 0. The highest BCUT2D eigenvalue weighted by Gasteiger charge is 2.18. The maximum atomic E-state index is 5.31. The molecule has 0 bridgehead atoms. The lowest BCUT2D eigenvalue weighted by Crippen LogP contribution is -2.26. The first-order valence-corrected chi connectivity index (χ1v) is 7.96. The van der Waals surface area contributed by atoms with Crippen molar-refractivity contribution in [2.75, 3.05) is 19.6 Å². The summed E-state index contributed by atoms with van der Waals surface area (Å²) in [6.07, 6.45) is 6.26. The quantitative estimate of drug-likeness (QED) is 0.806. The number of nitrogens with one attached hydrogen (secondary N) is 1. The lowest BCUT2D eigenvalue weighted by molar-refractivity contribution is 0.305. The average Bonchev–Trinajstić information content (AvgIpc) is 2.93. The van der Waals surface area contributed by atoms with Crippen LogP contribution in [-0.2, 0) is 6.42 Å². The molecule has 0 unspecified atom stereocenters. The van der Waals surface area contributed by atoms with Crippen molar-refractivity contribution in [1.29, 1.82) is 0 Å². The van der Waals surface area contributed by atoms with Crippen molar-refractivity contribution < 1.29 is 0 Å². The number of hydrogen-bond donors (Lipinski definition) is 1. The van der Waals surface area contributed by atoms with Gasteiger partial charge in [0.15, 0.2) is 0 Å². The molecular weight excluding hydrogens is 254 g/mol. The summed E-state index contributed by atoms with van der Waals surface area (Å²) in [6.45, 7) is 7.65. The van der Waals surface area contributed by atoms with Crippen molar-refractivity contribution in [3.05, 3.63) is 22.2 Å². The molecule has 1 heterocycles. The number of aromatic amines is 1. The third kappa shape index (κ3) is 4.11. The average molecular weight is 279 g/mol. The van der Waals surface area contributed by atoms with E-state index >= 15 is 0 Å². The van der Waals surface area contributed by atoms with Crippen LogP contribution in [0.5, 0.6) is 0 Å². The van der Waals surface area contributed by atoms with Gasteiger partial charge in [-0.05, 0) is 37.9 Å². The first-order valence-electron chi connectivity index (χ1n) is 7.55. The lowest BCUT2D eigenvalue weighted by atomic mass is 10.0. The maximum absolute atomic E-state index is 5.31. The Kier molecular flexibility index (Phi) is 5.52. The minimum atomic E-state index is 0.678. The van der Waals surface area contributed by atoms with Crippen LogP contribution in [0.15, 0.2) is 6.07 Å². The summed E-state index contributed by atoms with van der Waals surface area (Å²) >= 11 is 5.31. The van der Waals surface area contributed by atoms with E-state index in [1.54, 1.807) is 0 Å². The second-order valence-electron chi connectivity index (χ2n) is 5.38. The molecule has 0 aliphatic heterocycles. The Balaban J connectivity index is 2.06. The third-order valence-corrected chi connectivity index (χ3v) is 4.38. The fourth-order valence-corrected chi connectivity index (χ4v) is 3.15. The second kappa shape index (κ2) is 7.15. The van der Waals surface area contributed by atoms with Crippen molar-refractivity contribution in [2.24, 2.45) is 0 Å². The summed E-state index contributed by atoms with van der Waals surface area (Å²) < 4.78 is 0.746. The minimum absolute atomic E-state index is 0.678. The van der Waals surface area contributed by atoms with Crippen LogP contribution in [0.1, 0.15) is 57.0 Å². The van der Waals surface area contributed by atoms with E-state index in [0.29, 0.717) is 5.92 Å². The lowest BCUT2D eigenvalue weighted by Gasteiger charge is -2.18. The molecule has 19 heavy (non-hydrogen) atoms. The molecule has 0 saturated heterocycles. The number of rotatable bonds is 6. The number of likely N-dealkylation sites (N-methyl/N-ethyl adjacent to an activating group) is 1. The van der Waals surface area contributed by atoms with E-state index in [-0.39, 0.29) is 0 Å². The summed E-state index contributed by atoms with van der Waals surface area (Å²) in [4.78, 5) is 10.4. The van der Waals surface area contributed by atoms with Crippen LogP contribution in [0.2, 0.25) is 0 Å². The van der Waals surface area contributed by atoms with Gasteiger partial charge < -0.3 is 9.88 Å². The van der Waals surface area contributed by atoms with Crippen LogP contribution >= 0.6 is 12.2 Å². The predicted octanol–water partition coefficient (Wildman–Crippen LogP) is 3.68. The van der Waals surface area contributed by atoms with E-state index in [4.69, 9.17) is 12.2 Å².